The number of fused-ring (bicyclic) bond motifs is 1. The van der Waals surface area contributed by atoms with Gasteiger partial charge in [0, 0.05) is 40.2 Å². The number of methoxy groups -OCH3 is 1. The normalized spacial score (nSPS) is 20.2. The molecule has 2 aromatic rings. The van der Waals surface area contributed by atoms with Crippen molar-refractivity contribution in [1.82, 2.24) is 0 Å². The molecule has 0 fully saturated rings. The van der Waals surface area contributed by atoms with Crippen LogP contribution in [0.3, 0.4) is 0 Å². The van der Waals surface area contributed by atoms with Crippen molar-refractivity contribution in [3.63, 3.8) is 0 Å². The Labute approximate surface area is 212 Å². The molecule has 1 aromatic heterocycles. The summed E-state index contributed by atoms with van der Waals surface area (Å²) < 4.78 is 32.6. The highest BCUT2D eigenvalue weighted by atomic mass is 16.6. The van der Waals surface area contributed by atoms with E-state index in [0.29, 0.717) is 18.6 Å². The summed E-state index contributed by atoms with van der Waals surface area (Å²) in [6.07, 6.45) is -5.05. The molecule has 1 aliphatic carbocycles. The number of hydrogen-bond acceptors (Lipinski definition) is 11. The number of ether oxygens (including phenoxy) is 5. The maximum atomic E-state index is 13.3. The molecule has 0 spiro atoms. The largest absolute Gasteiger partial charge is 0.497 e. The van der Waals surface area contributed by atoms with E-state index in [1.807, 2.05) is 12.1 Å². The first kappa shape index (κ1) is 27.4. The van der Waals surface area contributed by atoms with Crippen molar-refractivity contribution in [3.05, 3.63) is 63.2 Å². The molecule has 1 aromatic carbocycles. The predicted octanol–water partition coefficient (Wildman–Crippen LogP) is 2.52. The van der Waals surface area contributed by atoms with Crippen LogP contribution in [0.25, 0.3) is 0 Å². The van der Waals surface area contributed by atoms with Crippen molar-refractivity contribution in [2.24, 2.45) is 0 Å². The minimum absolute atomic E-state index is 0.159. The molecule has 0 amide bonds. The van der Waals surface area contributed by atoms with Gasteiger partial charge < -0.3 is 28.1 Å². The van der Waals surface area contributed by atoms with Gasteiger partial charge in [0.05, 0.1) is 12.7 Å². The summed E-state index contributed by atoms with van der Waals surface area (Å²) in [5.74, 6) is -2.36. The quantitative estimate of drug-likeness (QED) is 0.377. The molecular formula is C26H28O11. The smallest absolute Gasteiger partial charge is 0.303 e. The van der Waals surface area contributed by atoms with E-state index in [4.69, 9.17) is 28.1 Å². The first-order chi connectivity index (χ1) is 17.5. The third-order valence-corrected chi connectivity index (χ3v) is 5.54. The van der Waals surface area contributed by atoms with Crippen molar-refractivity contribution in [2.75, 3.05) is 7.11 Å². The van der Waals surface area contributed by atoms with Gasteiger partial charge in [-0.2, -0.15) is 0 Å². The lowest BCUT2D eigenvalue weighted by Gasteiger charge is -2.39. The second-order valence-corrected chi connectivity index (χ2v) is 8.41. The Kier molecular flexibility index (Phi) is 8.69. The van der Waals surface area contributed by atoms with Crippen LogP contribution >= 0.6 is 0 Å². The van der Waals surface area contributed by atoms with Crippen molar-refractivity contribution < 1.29 is 47.3 Å². The highest BCUT2D eigenvalue weighted by molar-refractivity contribution is 5.70. The molecule has 0 aliphatic heterocycles. The Morgan fingerprint density at radius 1 is 0.757 bits per heavy atom. The molecule has 4 atom stereocenters. The third kappa shape index (κ3) is 6.75. The summed E-state index contributed by atoms with van der Waals surface area (Å²) in [5.41, 5.74) is 0.181. The van der Waals surface area contributed by atoms with Gasteiger partial charge in [-0.25, -0.2) is 0 Å². The molecule has 1 heterocycles. The zero-order chi connectivity index (χ0) is 27.3. The molecule has 198 valence electrons. The molecule has 0 saturated carbocycles. The van der Waals surface area contributed by atoms with Crippen LogP contribution in [-0.4, -0.2) is 43.2 Å². The fraction of sp³-hybridized carbons (Fsp3) is 0.423. The first-order valence-corrected chi connectivity index (χ1v) is 11.5. The topological polar surface area (TPSA) is 145 Å². The van der Waals surface area contributed by atoms with E-state index in [9.17, 15) is 24.0 Å². The van der Waals surface area contributed by atoms with Gasteiger partial charge in [0.1, 0.15) is 11.5 Å². The van der Waals surface area contributed by atoms with Crippen LogP contribution in [0.15, 0.2) is 39.5 Å². The van der Waals surface area contributed by atoms with Gasteiger partial charge in [-0.15, -0.1) is 0 Å². The van der Waals surface area contributed by atoms with E-state index < -0.39 is 53.7 Å². The Balaban J connectivity index is 2.11. The zero-order valence-electron chi connectivity index (χ0n) is 21.1. The summed E-state index contributed by atoms with van der Waals surface area (Å²) in [6, 6.07) is 8.58. The summed E-state index contributed by atoms with van der Waals surface area (Å²) >= 11 is 0. The zero-order valence-corrected chi connectivity index (χ0v) is 21.1. The van der Waals surface area contributed by atoms with Crippen molar-refractivity contribution in [3.8, 4) is 5.75 Å². The SMILES string of the molecule is COc1ccc(CCc2cc(=O)c3c(o2)C(OC(C)=O)C(OC(C)=O)C(OC(C)=O)C3OC(C)=O)cc1. The Hall–Kier alpha value is -4.15. The van der Waals surface area contributed by atoms with E-state index in [2.05, 4.69) is 0 Å². The number of esters is 4. The van der Waals surface area contributed by atoms with E-state index in [1.165, 1.54) is 6.07 Å². The van der Waals surface area contributed by atoms with Gasteiger partial charge in [0.2, 0.25) is 6.10 Å². The molecule has 4 unspecified atom stereocenters. The van der Waals surface area contributed by atoms with E-state index >= 15 is 0 Å². The number of hydrogen-bond donors (Lipinski definition) is 0. The highest BCUT2D eigenvalue weighted by Gasteiger charge is 2.53. The van der Waals surface area contributed by atoms with Crippen LogP contribution in [0.2, 0.25) is 0 Å². The van der Waals surface area contributed by atoms with Gasteiger partial charge in [0.25, 0.3) is 0 Å². The van der Waals surface area contributed by atoms with Gasteiger partial charge in [-0.05, 0) is 24.1 Å². The molecule has 0 N–H and O–H groups in total. The summed E-state index contributed by atoms with van der Waals surface area (Å²) in [7, 11) is 1.56. The van der Waals surface area contributed by atoms with E-state index in [1.54, 1.807) is 19.2 Å². The molecule has 11 heteroatoms. The predicted molar refractivity (Wildman–Crippen MR) is 126 cm³/mol. The minimum Gasteiger partial charge on any atom is -0.497 e. The average Bonchev–Trinajstić information content (AvgIpc) is 2.81. The lowest BCUT2D eigenvalue weighted by molar-refractivity contribution is -0.207. The average molecular weight is 516 g/mol. The van der Waals surface area contributed by atoms with Crippen LogP contribution in [-0.2, 0) is 51.0 Å². The van der Waals surface area contributed by atoms with Crippen LogP contribution in [0, 0.1) is 0 Å². The third-order valence-electron chi connectivity index (χ3n) is 5.54. The molecule has 37 heavy (non-hydrogen) atoms. The van der Waals surface area contributed by atoms with Gasteiger partial charge in [-0.1, -0.05) is 12.1 Å². The molecule has 1 aliphatic rings. The summed E-state index contributed by atoms with van der Waals surface area (Å²) in [6.45, 7) is 4.42. The van der Waals surface area contributed by atoms with Crippen LogP contribution in [0.1, 0.15) is 62.6 Å². The number of benzene rings is 1. The van der Waals surface area contributed by atoms with Gasteiger partial charge >= 0.3 is 23.9 Å². The standard InChI is InChI=1S/C26H28O11/c1-13(27)33-22-21-20(31)12-19(11-8-17-6-9-18(32-5)10-7-17)37-23(21)25(35-15(3)29)26(36-16(4)30)24(22)34-14(2)28/h6-7,9-10,12,22,24-26H,8,11H2,1-5H3. The maximum absolute atomic E-state index is 13.3. The van der Waals surface area contributed by atoms with Crippen LogP contribution in [0.5, 0.6) is 5.75 Å². The van der Waals surface area contributed by atoms with Crippen molar-refractivity contribution in [1.29, 1.82) is 0 Å². The van der Waals surface area contributed by atoms with Gasteiger partial charge in [0.15, 0.2) is 29.5 Å². The van der Waals surface area contributed by atoms with Gasteiger partial charge in [-0.3, -0.25) is 24.0 Å². The number of aryl methyl sites for hydroxylation is 2. The molecular weight excluding hydrogens is 488 g/mol. The maximum Gasteiger partial charge on any atom is 0.303 e. The van der Waals surface area contributed by atoms with E-state index in [-0.39, 0.29) is 17.1 Å². The Morgan fingerprint density at radius 3 is 1.78 bits per heavy atom. The Bertz CT molecular complexity index is 1230. The first-order valence-electron chi connectivity index (χ1n) is 11.5. The number of carbonyl (C=O) groups excluding carboxylic acids is 4. The summed E-state index contributed by atoms with van der Waals surface area (Å²) in [5, 5.41) is 0. The van der Waals surface area contributed by atoms with E-state index in [0.717, 1.165) is 33.3 Å². The second kappa shape index (κ2) is 11.7. The fourth-order valence-electron chi connectivity index (χ4n) is 4.15. The Morgan fingerprint density at radius 2 is 1.27 bits per heavy atom. The van der Waals surface area contributed by atoms with Crippen molar-refractivity contribution >= 4 is 23.9 Å². The number of rotatable bonds is 8. The second-order valence-electron chi connectivity index (χ2n) is 8.41. The molecule has 0 saturated heterocycles. The minimum atomic E-state index is -1.48. The molecule has 0 radical (unpaired) electrons. The lowest BCUT2D eigenvalue weighted by atomic mass is 9.86. The molecule has 11 nitrogen and oxygen atoms in total. The lowest BCUT2D eigenvalue weighted by Crippen LogP contribution is -2.50. The monoisotopic (exact) mass is 516 g/mol. The number of carbonyl (C=O) groups is 4. The van der Waals surface area contributed by atoms with Crippen LogP contribution < -0.4 is 10.2 Å². The van der Waals surface area contributed by atoms with Crippen LogP contribution in [0.4, 0.5) is 0 Å². The molecule has 0 bridgehead atoms. The highest BCUT2D eigenvalue weighted by Crippen LogP contribution is 2.43. The molecule has 3 rings (SSSR count). The summed E-state index contributed by atoms with van der Waals surface area (Å²) in [4.78, 5) is 61.1. The fourth-order valence-corrected chi connectivity index (χ4v) is 4.15. The van der Waals surface area contributed by atoms with Crippen molar-refractivity contribution in [2.45, 2.75) is 65.0 Å².